The van der Waals surface area contributed by atoms with Crippen LogP contribution in [0.5, 0.6) is 0 Å². The van der Waals surface area contributed by atoms with Crippen LogP contribution >= 0.6 is 27.5 Å². The van der Waals surface area contributed by atoms with E-state index < -0.39 is 0 Å². The zero-order valence-electron chi connectivity index (χ0n) is 11.5. The largest absolute Gasteiger partial charge is 0.275 e. The summed E-state index contributed by atoms with van der Waals surface area (Å²) in [6, 6.07) is 7.73. The van der Waals surface area contributed by atoms with Crippen LogP contribution in [0, 0.1) is 6.92 Å². The van der Waals surface area contributed by atoms with Gasteiger partial charge in [0.1, 0.15) is 5.15 Å². The van der Waals surface area contributed by atoms with Gasteiger partial charge in [0.15, 0.2) is 5.82 Å². The third-order valence-electron chi connectivity index (χ3n) is 3.11. The Labute approximate surface area is 135 Å². The first-order chi connectivity index (χ1) is 10.0. The summed E-state index contributed by atoms with van der Waals surface area (Å²) >= 11 is 9.63. The van der Waals surface area contributed by atoms with Crippen molar-refractivity contribution in [2.24, 2.45) is 7.05 Å². The third-order valence-corrected chi connectivity index (χ3v) is 4.20. The van der Waals surface area contributed by atoms with Crippen LogP contribution in [0.1, 0.15) is 5.56 Å². The second kappa shape index (κ2) is 5.58. The van der Waals surface area contributed by atoms with E-state index in [9.17, 15) is 0 Å². The van der Waals surface area contributed by atoms with Crippen LogP contribution in [0.4, 0.5) is 0 Å². The Morgan fingerprint density at radius 3 is 2.62 bits per heavy atom. The van der Waals surface area contributed by atoms with Crippen molar-refractivity contribution in [1.82, 2.24) is 19.7 Å². The number of hydrogen-bond donors (Lipinski definition) is 0. The zero-order valence-corrected chi connectivity index (χ0v) is 13.9. The highest BCUT2D eigenvalue weighted by molar-refractivity contribution is 9.10. The molecular formula is C15H12BrClN4. The van der Waals surface area contributed by atoms with Crippen molar-refractivity contribution in [1.29, 1.82) is 0 Å². The molecule has 0 saturated heterocycles. The molecule has 0 amide bonds. The number of rotatable bonds is 2. The van der Waals surface area contributed by atoms with Crippen molar-refractivity contribution in [3.05, 3.63) is 51.8 Å². The Hall–Kier alpha value is -1.72. The SMILES string of the molecule is Cc1cc(-c2nc(Cl)cc(-c3cnn(C)c3)n2)ccc1Br. The molecule has 0 unspecified atom stereocenters. The molecule has 4 nitrogen and oxygen atoms in total. The molecule has 0 fully saturated rings. The van der Waals surface area contributed by atoms with Crippen LogP contribution < -0.4 is 0 Å². The van der Waals surface area contributed by atoms with E-state index >= 15 is 0 Å². The highest BCUT2D eigenvalue weighted by Crippen LogP contribution is 2.26. The summed E-state index contributed by atoms with van der Waals surface area (Å²) in [5, 5.41) is 4.57. The summed E-state index contributed by atoms with van der Waals surface area (Å²) in [5.41, 5.74) is 3.73. The summed E-state index contributed by atoms with van der Waals surface area (Å²) in [6.07, 6.45) is 3.66. The number of halogens is 2. The molecule has 3 rings (SSSR count). The molecule has 1 aromatic carbocycles. The van der Waals surface area contributed by atoms with Crippen LogP contribution in [0.2, 0.25) is 5.15 Å². The molecule has 0 aliphatic rings. The van der Waals surface area contributed by atoms with E-state index in [1.165, 1.54) is 0 Å². The smallest absolute Gasteiger partial charge is 0.161 e. The summed E-state index contributed by atoms with van der Waals surface area (Å²) in [5.74, 6) is 0.608. The maximum atomic E-state index is 6.14. The lowest BCUT2D eigenvalue weighted by molar-refractivity contribution is 0.768. The number of hydrogen-bond acceptors (Lipinski definition) is 3. The molecule has 0 N–H and O–H groups in total. The van der Waals surface area contributed by atoms with Crippen molar-refractivity contribution in [3.8, 4) is 22.6 Å². The Balaban J connectivity index is 2.11. The van der Waals surface area contributed by atoms with E-state index in [0.717, 1.165) is 26.9 Å². The van der Waals surface area contributed by atoms with Gasteiger partial charge in [0.05, 0.1) is 11.9 Å². The molecule has 0 atom stereocenters. The molecule has 106 valence electrons. The minimum Gasteiger partial charge on any atom is -0.275 e. The fourth-order valence-corrected chi connectivity index (χ4v) is 2.46. The highest BCUT2D eigenvalue weighted by Gasteiger charge is 2.10. The summed E-state index contributed by atoms with van der Waals surface area (Å²) in [4.78, 5) is 8.91. The monoisotopic (exact) mass is 362 g/mol. The molecule has 3 aromatic rings. The number of benzene rings is 1. The highest BCUT2D eigenvalue weighted by atomic mass is 79.9. The average molecular weight is 364 g/mol. The standard InChI is InChI=1S/C15H12BrClN4/c1-9-5-10(3-4-12(9)16)15-19-13(6-14(17)20-15)11-7-18-21(2)8-11/h3-8H,1-2H3. The average Bonchev–Trinajstić information content (AvgIpc) is 2.88. The molecule has 2 aromatic heterocycles. The van der Waals surface area contributed by atoms with Crippen molar-refractivity contribution in [3.63, 3.8) is 0 Å². The predicted molar refractivity (Wildman–Crippen MR) is 87.1 cm³/mol. The summed E-state index contributed by atoms with van der Waals surface area (Å²) in [7, 11) is 1.87. The first kappa shape index (κ1) is 14.2. The van der Waals surface area contributed by atoms with E-state index in [1.54, 1.807) is 16.9 Å². The maximum absolute atomic E-state index is 6.14. The second-order valence-corrected chi connectivity index (χ2v) is 6.01. The van der Waals surface area contributed by atoms with E-state index in [2.05, 4.69) is 31.0 Å². The quantitative estimate of drug-likeness (QED) is 0.639. The number of nitrogens with zero attached hydrogens (tertiary/aromatic N) is 4. The maximum Gasteiger partial charge on any atom is 0.161 e. The Bertz CT molecular complexity index is 813. The van der Waals surface area contributed by atoms with Gasteiger partial charge in [0, 0.05) is 34.9 Å². The van der Waals surface area contributed by atoms with Crippen LogP contribution in [-0.2, 0) is 7.05 Å². The molecule has 0 spiro atoms. The minimum atomic E-state index is 0.416. The fraction of sp³-hybridized carbons (Fsp3) is 0.133. The van der Waals surface area contributed by atoms with Gasteiger partial charge in [-0.3, -0.25) is 4.68 Å². The van der Waals surface area contributed by atoms with Gasteiger partial charge in [0.2, 0.25) is 0 Å². The van der Waals surface area contributed by atoms with Gasteiger partial charge in [-0.25, -0.2) is 9.97 Å². The van der Waals surface area contributed by atoms with E-state index in [0.29, 0.717) is 11.0 Å². The normalized spacial score (nSPS) is 10.9. The van der Waals surface area contributed by atoms with Gasteiger partial charge in [0.25, 0.3) is 0 Å². The summed E-state index contributed by atoms with van der Waals surface area (Å²) < 4.78 is 2.79. The molecule has 6 heteroatoms. The number of aryl methyl sites for hydroxylation is 2. The van der Waals surface area contributed by atoms with Gasteiger partial charge in [-0.15, -0.1) is 0 Å². The second-order valence-electron chi connectivity index (χ2n) is 4.77. The van der Waals surface area contributed by atoms with Gasteiger partial charge >= 0.3 is 0 Å². The van der Waals surface area contributed by atoms with Crippen LogP contribution in [0.15, 0.2) is 41.1 Å². The van der Waals surface area contributed by atoms with Gasteiger partial charge < -0.3 is 0 Å². The molecule has 0 bridgehead atoms. The molecule has 0 aliphatic heterocycles. The van der Waals surface area contributed by atoms with Crippen LogP contribution in [0.25, 0.3) is 22.6 Å². The van der Waals surface area contributed by atoms with Crippen molar-refractivity contribution < 1.29 is 0 Å². The molecular weight excluding hydrogens is 352 g/mol. The van der Waals surface area contributed by atoms with Crippen LogP contribution in [-0.4, -0.2) is 19.7 Å². The molecule has 0 aliphatic carbocycles. The Kier molecular flexibility index (Phi) is 3.78. The third kappa shape index (κ3) is 2.99. The van der Waals surface area contributed by atoms with E-state index in [1.807, 2.05) is 38.4 Å². The predicted octanol–water partition coefficient (Wildman–Crippen LogP) is 4.27. The van der Waals surface area contributed by atoms with Gasteiger partial charge in [-0.2, -0.15) is 5.10 Å². The molecule has 0 saturated carbocycles. The first-order valence-electron chi connectivity index (χ1n) is 6.33. The Morgan fingerprint density at radius 1 is 1.14 bits per heavy atom. The zero-order chi connectivity index (χ0) is 15.0. The lowest BCUT2D eigenvalue weighted by Crippen LogP contribution is -1.93. The first-order valence-corrected chi connectivity index (χ1v) is 7.50. The lowest BCUT2D eigenvalue weighted by Gasteiger charge is -2.06. The number of aromatic nitrogens is 4. The van der Waals surface area contributed by atoms with Crippen molar-refractivity contribution >= 4 is 27.5 Å². The Morgan fingerprint density at radius 2 is 1.95 bits per heavy atom. The molecule has 21 heavy (non-hydrogen) atoms. The topological polar surface area (TPSA) is 43.6 Å². The fourth-order valence-electron chi connectivity index (χ4n) is 2.03. The van der Waals surface area contributed by atoms with E-state index in [4.69, 9.17) is 11.6 Å². The van der Waals surface area contributed by atoms with Gasteiger partial charge in [-0.05, 0) is 24.6 Å². The minimum absolute atomic E-state index is 0.416. The van der Waals surface area contributed by atoms with Crippen molar-refractivity contribution in [2.45, 2.75) is 6.92 Å². The van der Waals surface area contributed by atoms with Crippen LogP contribution in [0.3, 0.4) is 0 Å². The van der Waals surface area contributed by atoms with Gasteiger partial charge in [-0.1, -0.05) is 33.6 Å². The molecule has 0 radical (unpaired) electrons. The summed E-state index contributed by atoms with van der Waals surface area (Å²) in [6.45, 7) is 2.03. The molecule has 2 heterocycles. The van der Waals surface area contributed by atoms with Crippen molar-refractivity contribution in [2.75, 3.05) is 0 Å². The lowest BCUT2D eigenvalue weighted by atomic mass is 10.1. The van der Waals surface area contributed by atoms with E-state index in [-0.39, 0.29) is 0 Å².